The van der Waals surface area contributed by atoms with Crippen molar-refractivity contribution in [1.29, 1.82) is 0 Å². The van der Waals surface area contributed by atoms with Crippen LogP contribution in [0, 0.1) is 0 Å². The first-order valence-electron chi connectivity index (χ1n) is 10.6. The smallest absolute Gasteiger partial charge is 0.289 e. The number of tetrazole rings is 1. The monoisotopic (exact) mass is 440 g/mol. The van der Waals surface area contributed by atoms with Crippen molar-refractivity contribution in [2.24, 2.45) is 0 Å². The Labute approximate surface area is 186 Å². The molecule has 10 heteroatoms. The lowest BCUT2D eigenvalue weighted by Crippen LogP contribution is -2.56. The number of carbonyl (C=O) groups excluding carboxylic acids is 1. The second-order valence-electron chi connectivity index (χ2n) is 7.84. The summed E-state index contributed by atoms with van der Waals surface area (Å²) in [6.07, 6.45) is 2.32. The number of carbonyl (C=O) groups is 1. The highest BCUT2D eigenvalue weighted by atomic mass is 16.5. The Bertz CT molecular complexity index is 1060. The summed E-state index contributed by atoms with van der Waals surface area (Å²) in [6.45, 7) is 6.87. The van der Waals surface area contributed by atoms with Gasteiger partial charge in [0.2, 0.25) is 0 Å². The molecule has 0 aliphatic carbocycles. The molecule has 1 atom stereocenters. The molecule has 1 saturated heterocycles. The van der Waals surface area contributed by atoms with Crippen LogP contribution in [0.15, 0.2) is 41.0 Å². The van der Waals surface area contributed by atoms with Crippen LogP contribution in [0.25, 0.3) is 5.69 Å². The zero-order chi connectivity index (χ0) is 22.7. The molecule has 4 rings (SSSR count). The van der Waals surface area contributed by atoms with Crippen LogP contribution in [0.4, 0.5) is 0 Å². The van der Waals surface area contributed by atoms with Crippen LogP contribution >= 0.6 is 0 Å². The number of ether oxygens (including phenoxy) is 2. The molecule has 2 aromatic heterocycles. The summed E-state index contributed by atoms with van der Waals surface area (Å²) in [5.41, 5.74) is 0.366. The average molecular weight is 441 g/mol. The summed E-state index contributed by atoms with van der Waals surface area (Å²) in [5.74, 6) is 2.27. The summed E-state index contributed by atoms with van der Waals surface area (Å²) < 4.78 is 17.8. The van der Waals surface area contributed by atoms with Crippen molar-refractivity contribution in [3.05, 3.63) is 48.2 Å². The van der Waals surface area contributed by atoms with E-state index in [1.807, 2.05) is 23.1 Å². The third kappa shape index (κ3) is 3.81. The SMILES string of the molecule is CC[C@@](C)(c1nnnn1-c1ccc(OC)c(OC)c1)N1CCN(C(=O)c2ccco2)CC1. The molecule has 1 aliphatic heterocycles. The number of nitrogens with zero attached hydrogens (tertiary/aromatic N) is 6. The van der Waals surface area contributed by atoms with Gasteiger partial charge < -0.3 is 18.8 Å². The van der Waals surface area contributed by atoms with Gasteiger partial charge >= 0.3 is 0 Å². The topological polar surface area (TPSA) is 98.7 Å². The Morgan fingerprint density at radius 1 is 1.12 bits per heavy atom. The van der Waals surface area contributed by atoms with E-state index >= 15 is 0 Å². The van der Waals surface area contributed by atoms with Gasteiger partial charge in [-0.1, -0.05) is 6.92 Å². The molecule has 0 N–H and O–H groups in total. The molecule has 1 aromatic carbocycles. The van der Waals surface area contributed by atoms with Crippen molar-refractivity contribution in [3.8, 4) is 17.2 Å². The first-order chi connectivity index (χ1) is 15.5. The van der Waals surface area contributed by atoms with E-state index in [-0.39, 0.29) is 5.91 Å². The van der Waals surface area contributed by atoms with Crippen LogP contribution in [0.2, 0.25) is 0 Å². The molecule has 3 aromatic rings. The molecular formula is C22H28N6O4. The molecule has 0 radical (unpaired) electrons. The molecule has 3 heterocycles. The van der Waals surface area contributed by atoms with E-state index in [4.69, 9.17) is 13.9 Å². The van der Waals surface area contributed by atoms with E-state index in [0.29, 0.717) is 43.4 Å². The third-order valence-corrected chi connectivity index (χ3v) is 6.25. The van der Waals surface area contributed by atoms with E-state index < -0.39 is 5.54 Å². The molecule has 10 nitrogen and oxygen atoms in total. The number of hydrogen-bond acceptors (Lipinski definition) is 8. The first-order valence-corrected chi connectivity index (χ1v) is 10.6. The van der Waals surface area contributed by atoms with Crippen LogP contribution in [-0.4, -0.2) is 76.3 Å². The molecule has 1 amide bonds. The number of furan rings is 1. The van der Waals surface area contributed by atoms with Crippen molar-refractivity contribution < 1.29 is 18.7 Å². The van der Waals surface area contributed by atoms with Crippen LogP contribution in [0.1, 0.15) is 36.6 Å². The van der Waals surface area contributed by atoms with Crippen molar-refractivity contribution >= 4 is 5.91 Å². The van der Waals surface area contributed by atoms with E-state index in [1.165, 1.54) is 6.26 Å². The van der Waals surface area contributed by atoms with E-state index in [2.05, 4.69) is 34.3 Å². The van der Waals surface area contributed by atoms with Gasteiger partial charge in [0.15, 0.2) is 23.1 Å². The largest absolute Gasteiger partial charge is 0.493 e. The minimum Gasteiger partial charge on any atom is -0.493 e. The van der Waals surface area contributed by atoms with E-state index in [0.717, 1.165) is 17.9 Å². The molecule has 0 spiro atoms. The Kier molecular flexibility index (Phi) is 6.13. The lowest BCUT2D eigenvalue weighted by atomic mass is 9.94. The van der Waals surface area contributed by atoms with Gasteiger partial charge in [0.05, 0.1) is 31.7 Å². The van der Waals surface area contributed by atoms with Crippen molar-refractivity contribution in [1.82, 2.24) is 30.0 Å². The fraction of sp³-hybridized carbons (Fsp3) is 0.455. The molecule has 32 heavy (non-hydrogen) atoms. The van der Waals surface area contributed by atoms with Gasteiger partial charge in [-0.2, -0.15) is 4.68 Å². The van der Waals surface area contributed by atoms with Crippen molar-refractivity contribution in [2.75, 3.05) is 40.4 Å². The lowest BCUT2D eigenvalue weighted by molar-refractivity contribution is 0.0251. The summed E-state index contributed by atoms with van der Waals surface area (Å²) in [4.78, 5) is 16.8. The fourth-order valence-corrected chi connectivity index (χ4v) is 4.14. The summed E-state index contributed by atoms with van der Waals surface area (Å²) in [6, 6.07) is 9.02. The van der Waals surface area contributed by atoms with Gasteiger partial charge in [0.25, 0.3) is 5.91 Å². The molecule has 1 fully saturated rings. The first kappa shape index (κ1) is 21.8. The summed E-state index contributed by atoms with van der Waals surface area (Å²) in [5, 5.41) is 12.6. The standard InChI is InChI=1S/C22H28N6O4/c1-5-22(2,27-12-10-26(11-13-27)20(29)18-7-6-14-32-18)21-23-24-25-28(21)16-8-9-17(30-3)19(15-16)31-4/h6-9,14-15H,5,10-13H2,1-4H3/t22-/m0/s1. The highest BCUT2D eigenvalue weighted by Crippen LogP contribution is 2.34. The lowest BCUT2D eigenvalue weighted by Gasteiger charge is -2.44. The zero-order valence-electron chi connectivity index (χ0n) is 18.8. The van der Waals surface area contributed by atoms with Crippen LogP contribution < -0.4 is 9.47 Å². The van der Waals surface area contributed by atoms with Gasteiger partial charge in [-0.15, -0.1) is 5.10 Å². The van der Waals surface area contributed by atoms with Crippen LogP contribution in [0.5, 0.6) is 11.5 Å². The van der Waals surface area contributed by atoms with Gasteiger partial charge in [-0.3, -0.25) is 9.69 Å². The number of piperazine rings is 1. The summed E-state index contributed by atoms with van der Waals surface area (Å²) >= 11 is 0. The second-order valence-corrected chi connectivity index (χ2v) is 7.84. The summed E-state index contributed by atoms with van der Waals surface area (Å²) in [7, 11) is 3.20. The van der Waals surface area contributed by atoms with Crippen LogP contribution in [-0.2, 0) is 5.54 Å². The Balaban J connectivity index is 1.57. The minimum atomic E-state index is -0.420. The molecule has 0 unspecified atom stereocenters. The number of amides is 1. The van der Waals surface area contributed by atoms with E-state index in [9.17, 15) is 4.79 Å². The molecule has 170 valence electrons. The Morgan fingerprint density at radius 3 is 2.50 bits per heavy atom. The normalized spacial score (nSPS) is 16.6. The highest BCUT2D eigenvalue weighted by molar-refractivity contribution is 5.91. The third-order valence-electron chi connectivity index (χ3n) is 6.25. The average Bonchev–Trinajstić information content (AvgIpc) is 3.55. The van der Waals surface area contributed by atoms with Gasteiger partial charge in [0, 0.05) is 32.2 Å². The van der Waals surface area contributed by atoms with Crippen LogP contribution in [0.3, 0.4) is 0 Å². The van der Waals surface area contributed by atoms with Crippen molar-refractivity contribution in [3.63, 3.8) is 0 Å². The molecule has 1 aliphatic rings. The predicted octanol–water partition coefficient (Wildman–Crippen LogP) is 2.36. The highest BCUT2D eigenvalue weighted by Gasteiger charge is 2.40. The number of benzene rings is 1. The number of aromatic nitrogens is 4. The zero-order valence-corrected chi connectivity index (χ0v) is 18.8. The van der Waals surface area contributed by atoms with E-state index in [1.54, 1.807) is 31.0 Å². The van der Waals surface area contributed by atoms with Gasteiger partial charge in [-0.05, 0) is 48.0 Å². The second kappa shape index (κ2) is 8.99. The maximum atomic E-state index is 12.6. The number of rotatable bonds is 7. The quantitative estimate of drug-likeness (QED) is 0.552. The minimum absolute atomic E-state index is 0.0805. The number of methoxy groups -OCH3 is 2. The molecular weight excluding hydrogens is 412 g/mol. The molecule has 0 saturated carbocycles. The Morgan fingerprint density at radius 2 is 1.88 bits per heavy atom. The number of hydrogen-bond donors (Lipinski definition) is 0. The fourth-order valence-electron chi connectivity index (χ4n) is 4.14. The van der Waals surface area contributed by atoms with Gasteiger partial charge in [0.1, 0.15) is 0 Å². The molecule has 0 bridgehead atoms. The van der Waals surface area contributed by atoms with Gasteiger partial charge in [-0.25, -0.2) is 0 Å². The Hall–Kier alpha value is -3.40. The van der Waals surface area contributed by atoms with Crippen molar-refractivity contribution in [2.45, 2.75) is 25.8 Å². The maximum Gasteiger partial charge on any atom is 0.289 e. The maximum absolute atomic E-state index is 12.6. The predicted molar refractivity (Wildman–Crippen MR) is 116 cm³/mol.